The Kier molecular flexibility index (Phi) is 5.96. The monoisotopic (exact) mass is 650 g/mol. The molecule has 3 nitrogen and oxygen atoms in total. The van der Waals surface area contributed by atoms with Crippen LogP contribution in [0, 0.1) is 0 Å². The van der Waals surface area contributed by atoms with Crippen molar-refractivity contribution in [2.45, 2.75) is 0 Å². The topological polar surface area (TPSA) is 23.0 Å². The molecule has 0 unspecified atom stereocenters. The van der Waals surface area contributed by atoms with Crippen molar-refractivity contribution >= 4 is 65.6 Å². The summed E-state index contributed by atoms with van der Waals surface area (Å²) in [4.78, 5) is 0. The van der Waals surface area contributed by atoms with E-state index < -0.39 is 0 Å². The highest BCUT2D eigenvalue weighted by molar-refractivity contribution is 6.29. The van der Waals surface area contributed by atoms with Crippen LogP contribution in [0.1, 0.15) is 0 Å². The van der Waals surface area contributed by atoms with Gasteiger partial charge in [-0.15, -0.1) is 0 Å². The zero-order chi connectivity index (χ0) is 33.5. The van der Waals surface area contributed by atoms with Gasteiger partial charge in [0.1, 0.15) is 11.2 Å². The van der Waals surface area contributed by atoms with Gasteiger partial charge in [-0.3, -0.25) is 0 Å². The fourth-order valence-electron chi connectivity index (χ4n) is 8.34. The molecule has 0 radical (unpaired) electrons. The number of rotatable bonds is 4. The number of hydrogen-bond acceptors (Lipinski definition) is 1. The van der Waals surface area contributed by atoms with Crippen LogP contribution in [0.5, 0.6) is 0 Å². The average molecular weight is 651 g/mol. The summed E-state index contributed by atoms with van der Waals surface area (Å²) in [6, 6.07) is 65.4. The van der Waals surface area contributed by atoms with Crippen LogP contribution in [0.25, 0.3) is 99.2 Å². The summed E-state index contributed by atoms with van der Waals surface area (Å²) in [5, 5.41) is 7.35. The van der Waals surface area contributed by atoms with Crippen LogP contribution in [-0.2, 0) is 0 Å². The summed E-state index contributed by atoms with van der Waals surface area (Å²) in [6.07, 6.45) is 0. The van der Waals surface area contributed by atoms with Crippen LogP contribution in [-0.4, -0.2) is 9.13 Å². The van der Waals surface area contributed by atoms with Gasteiger partial charge in [0.15, 0.2) is 0 Å². The molecular formula is C48H30N2O. The van der Waals surface area contributed by atoms with Crippen molar-refractivity contribution in [1.82, 2.24) is 9.13 Å². The molecule has 0 bridgehead atoms. The minimum atomic E-state index is 0.912. The largest absolute Gasteiger partial charge is 0.456 e. The van der Waals surface area contributed by atoms with Crippen molar-refractivity contribution in [3.05, 3.63) is 182 Å². The molecule has 0 saturated heterocycles. The third-order valence-corrected chi connectivity index (χ3v) is 10.5. The van der Waals surface area contributed by atoms with Crippen molar-refractivity contribution in [1.29, 1.82) is 0 Å². The first-order valence-electron chi connectivity index (χ1n) is 17.4. The molecule has 0 fully saturated rings. The standard InChI is InChI=1S/C48H30N2O/c1-2-12-31(13-3-1)33-14-10-15-35(30-33)50-41-21-8-5-17-38(41)48-43(50)29-28-42-47(48)37-16-4-7-20-40(37)49(42)34-26-24-32(25-27-34)36-19-11-23-45-46(36)39-18-6-9-22-44(39)51-45/h1-30H. The summed E-state index contributed by atoms with van der Waals surface area (Å²) in [5.74, 6) is 0. The minimum absolute atomic E-state index is 0.912. The number of hydrogen-bond donors (Lipinski definition) is 0. The van der Waals surface area contributed by atoms with Crippen molar-refractivity contribution in [3.63, 3.8) is 0 Å². The van der Waals surface area contributed by atoms with Crippen LogP contribution < -0.4 is 0 Å². The molecule has 238 valence electrons. The van der Waals surface area contributed by atoms with E-state index in [4.69, 9.17) is 4.42 Å². The molecule has 0 aliphatic rings. The SMILES string of the molecule is c1ccc(-c2cccc(-n3c4ccccc4c4c5c6ccccc6n(-c6ccc(-c7cccc8oc9ccccc9c78)cc6)c5ccc43)c2)cc1. The number of nitrogens with zero attached hydrogens (tertiary/aromatic N) is 2. The lowest BCUT2D eigenvalue weighted by Crippen LogP contribution is -1.95. The molecule has 11 rings (SSSR count). The maximum Gasteiger partial charge on any atom is 0.136 e. The Bertz CT molecular complexity index is 3120. The van der Waals surface area contributed by atoms with E-state index in [0.29, 0.717) is 0 Å². The van der Waals surface area contributed by atoms with Crippen molar-refractivity contribution < 1.29 is 4.42 Å². The van der Waals surface area contributed by atoms with E-state index in [1.807, 2.05) is 12.1 Å². The zero-order valence-electron chi connectivity index (χ0n) is 27.6. The van der Waals surface area contributed by atoms with Crippen molar-refractivity contribution in [2.75, 3.05) is 0 Å². The first-order chi connectivity index (χ1) is 25.3. The molecular weight excluding hydrogens is 621 g/mol. The fourth-order valence-corrected chi connectivity index (χ4v) is 8.34. The molecule has 51 heavy (non-hydrogen) atoms. The highest BCUT2D eigenvalue weighted by atomic mass is 16.3. The Morgan fingerprint density at radius 2 is 0.882 bits per heavy atom. The van der Waals surface area contributed by atoms with Crippen LogP contribution >= 0.6 is 0 Å². The van der Waals surface area contributed by atoms with E-state index in [1.165, 1.54) is 65.9 Å². The van der Waals surface area contributed by atoms with E-state index >= 15 is 0 Å². The van der Waals surface area contributed by atoms with Gasteiger partial charge < -0.3 is 13.6 Å². The maximum absolute atomic E-state index is 6.21. The maximum atomic E-state index is 6.21. The molecule has 0 amide bonds. The van der Waals surface area contributed by atoms with Gasteiger partial charge in [-0.05, 0) is 82.9 Å². The van der Waals surface area contributed by atoms with E-state index in [-0.39, 0.29) is 0 Å². The quantitative estimate of drug-likeness (QED) is 0.186. The number of furan rings is 1. The number of aromatic nitrogens is 2. The van der Waals surface area contributed by atoms with Gasteiger partial charge >= 0.3 is 0 Å². The second kappa shape index (κ2) is 10.8. The lowest BCUT2D eigenvalue weighted by atomic mass is 9.99. The molecule has 0 atom stereocenters. The predicted octanol–water partition coefficient (Wildman–Crippen LogP) is 13.1. The Balaban J connectivity index is 1.13. The van der Waals surface area contributed by atoms with Gasteiger partial charge in [0.2, 0.25) is 0 Å². The summed E-state index contributed by atoms with van der Waals surface area (Å²) >= 11 is 0. The normalized spacial score (nSPS) is 11.9. The van der Waals surface area contributed by atoms with Crippen LogP contribution in [0.15, 0.2) is 186 Å². The lowest BCUT2D eigenvalue weighted by Gasteiger charge is -2.11. The second-order valence-electron chi connectivity index (χ2n) is 13.3. The smallest absolute Gasteiger partial charge is 0.136 e. The predicted molar refractivity (Wildman–Crippen MR) is 213 cm³/mol. The van der Waals surface area contributed by atoms with E-state index in [9.17, 15) is 0 Å². The van der Waals surface area contributed by atoms with E-state index in [0.717, 1.165) is 33.3 Å². The van der Waals surface area contributed by atoms with Crippen LogP contribution in [0.4, 0.5) is 0 Å². The second-order valence-corrected chi connectivity index (χ2v) is 13.3. The molecule has 8 aromatic carbocycles. The molecule has 3 heterocycles. The highest BCUT2D eigenvalue weighted by Crippen LogP contribution is 2.43. The van der Waals surface area contributed by atoms with Gasteiger partial charge in [-0.1, -0.05) is 121 Å². The lowest BCUT2D eigenvalue weighted by molar-refractivity contribution is 0.669. The van der Waals surface area contributed by atoms with Gasteiger partial charge in [-0.2, -0.15) is 0 Å². The summed E-state index contributed by atoms with van der Waals surface area (Å²) in [6.45, 7) is 0. The van der Waals surface area contributed by atoms with Gasteiger partial charge in [-0.25, -0.2) is 0 Å². The molecule has 3 aromatic heterocycles. The van der Waals surface area contributed by atoms with Crippen molar-refractivity contribution in [2.24, 2.45) is 0 Å². The number of benzene rings is 8. The molecule has 0 spiro atoms. The number of para-hydroxylation sites is 3. The fraction of sp³-hybridized carbons (Fsp3) is 0. The first-order valence-corrected chi connectivity index (χ1v) is 17.4. The Hall–Kier alpha value is -6.84. The molecule has 0 saturated carbocycles. The Morgan fingerprint density at radius 3 is 1.61 bits per heavy atom. The molecule has 0 aliphatic carbocycles. The summed E-state index contributed by atoms with van der Waals surface area (Å²) in [7, 11) is 0. The van der Waals surface area contributed by atoms with Crippen LogP contribution in [0.3, 0.4) is 0 Å². The minimum Gasteiger partial charge on any atom is -0.456 e. The number of fused-ring (bicyclic) bond motifs is 10. The average Bonchev–Trinajstić information content (AvgIpc) is 3.86. The Morgan fingerprint density at radius 1 is 0.314 bits per heavy atom. The van der Waals surface area contributed by atoms with Gasteiger partial charge in [0.25, 0.3) is 0 Å². The van der Waals surface area contributed by atoms with E-state index in [2.05, 4.69) is 179 Å². The highest BCUT2D eigenvalue weighted by Gasteiger charge is 2.21. The first kappa shape index (κ1) is 28.0. The van der Waals surface area contributed by atoms with Gasteiger partial charge in [0, 0.05) is 43.7 Å². The molecule has 11 aromatic rings. The van der Waals surface area contributed by atoms with Crippen molar-refractivity contribution in [3.8, 4) is 33.6 Å². The molecule has 0 aliphatic heterocycles. The zero-order valence-corrected chi connectivity index (χ0v) is 27.6. The summed E-state index contributed by atoms with van der Waals surface area (Å²) < 4.78 is 11.1. The van der Waals surface area contributed by atoms with E-state index in [1.54, 1.807) is 0 Å². The molecule has 3 heteroatoms. The summed E-state index contributed by atoms with van der Waals surface area (Å²) in [5.41, 5.74) is 13.7. The van der Waals surface area contributed by atoms with Crippen LogP contribution in [0.2, 0.25) is 0 Å². The molecule has 0 N–H and O–H groups in total. The third kappa shape index (κ3) is 4.12. The third-order valence-electron chi connectivity index (χ3n) is 10.5. The van der Waals surface area contributed by atoms with Gasteiger partial charge in [0.05, 0.1) is 22.1 Å². The Labute approximate surface area is 293 Å².